The first kappa shape index (κ1) is 16.9. The third-order valence-electron chi connectivity index (χ3n) is 5.52. The third-order valence-corrected chi connectivity index (χ3v) is 5.52. The van der Waals surface area contributed by atoms with E-state index in [1.807, 2.05) is 27.1 Å². The fraction of sp³-hybridized carbons (Fsp3) is 0.143. The minimum Gasteiger partial charge on any atom is -0.481 e. The van der Waals surface area contributed by atoms with Gasteiger partial charge in [-0.2, -0.15) is 4.98 Å². The van der Waals surface area contributed by atoms with E-state index in [1.165, 1.54) is 12.1 Å². The molecule has 0 spiro atoms. The van der Waals surface area contributed by atoms with Gasteiger partial charge in [-0.3, -0.25) is 13.6 Å². The van der Waals surface area contributed by atoms with Crippen LogP contribution in [0.4, 0.5) is 4.39 Å². The molecule has 1 saturated carbocycles. The van der Waals surface area contributed by atoms with Crippen LogP contribution in [0.3, 0.4) is 0 Å². The molecule has 5 aromatic rings. The lowest BCUT2D eigenvalue weighted by Gasteiger charge is -2.06. The normalized spacial score (nSPS) is 18.3. The molecule has 2 atom stereocenters. The maximum absolute atomic E-state index is 13.4. The second-order valence-corrected chi connectivity index (χ2v) is 7.36. The molecule has 1 aliphatic carbocycles. The number of hydrogen-bond donors (Lipinski definition) is 1. The molecule has 9 heteroatoms. The SMILES string of the molecule is O=C(O)[C@@H]1CC1c1nnc2ccc(-c3c(-c4ccc(F)cc4)nc4occn34)cn12. The van der Waals surface area contributed by atoms with Crippen molar-refractivity contribution in [2.24, 2.45) is 5.92 Å². The van der Waals surface area contributed by atoms with Crippen LogP contribution in [0, 0.1) is 11.7 Å². The Kier molecular flexibility index (Phi) is 3.38. The highest BCUT2D eigenvalue weighted by molar-refractivity contribution is 5.81. The van der Waals surface area contributed by atoms with Gasteiger partial charge in [0.15, 0.2) is 5.65 Å². The second-order valence-electron chi connectivity index (χ2n) is 7.36. The van der Waals surface area contributed by atoms with Gasteiger partial charge in [-0.15, -0.1) is 10.2 Å². The number of benzene rings is 1. The molecule has 0 amide bonds. The third kappa shape index (κ3) is 2.45. The zero-order chi connectivity index (χ0) is 20.4. The number of halogens is 1. The summed E-state index contributed by atoms with van der Waals surface area (Å²) in [4.78, 5) is 15.9. The predicted octanol–water partition coefficient (Wildman–Crippen LogP) is 3.63. The fourth-order valence-electron chi connectivity index (χ4n) is 3.93. The summed E-state index contributed by atoms with van der Waals surface area (Å²) in [5.74, 6) is -0.661. The Bertz CT molecular complexity index is 1430. The number of hydrogen-bond acceptors (Lipinski definition) is 5. The Morgan fingerprint density at radius 1 is 1.10 bits per heavy atom. The highest BCUT2D eigenvalue weighted by Crippen LogP contribution is 2.47. The lowest BCUT2D eigenvalue weighted by Crippen LogP contribution is -2.02. The summed E-state index contributed by atoms with van der Waals surface area (Å²) in [6.45, 7) is 0. The number of nitrogens with zero attached hydrogens (tertiary/aromatic N) is 5. The van der Waals surface area contributed by atoms with Crippen LogP contribution >= 0.6 is 0 Å². The van der Waals surface area contributed by atoms with Gasteiger partial charge in [0.05, 0.1) is 11.6 Å². The van der Waals surface area contributed by atoms with Crippen LogP contribution in [0.1, 0.15) is 18.2 Å². The number of aliphatic carboxylic acids is 1. The molecule has 1 unspecified atom stereocenters. The van der Waals surface area contributed by atoms with E-state index in [4.69, 9.17) is 4.42 Å². The van der Waals surface area contributed by atoms with E-state index in [1.54, 1.807) is 24.6 Å². The van der Waals surface area contributed by atoms with Crippen molar-refractivity contribution in [2.75, 3.05) is 0 Å². The van der Waals surface area contributed by atoms with Crippen molar-refractivity contribution in [1.82, 2.24) is 24.0 Å². The minimum absolute atomic E-state index is 0.149. The topological polar surface area (TPSA) is 97.9 Å². The van der Waals surface area contributed by atoms with Gasteiger partial charge in [0.1, 0.15) is 23.6 Å². The van der Waals surface area contributed by atoms with Crippen LogP contribution in [-0.4, -0.2) is 35.1 Å². The average molecular weight is 403 g/mol. The van der Waals surface area contributed by atoms with Gasteiger partial charge < -0.3 is 9.52 Å². The highest BCUT2D eigenvalue weighted by Gasteiger charge is 2.47. The number of imidazole rings is 1. The molecule has 0 aliphatic heterocycles. The van der Waals surface area contributed by atoms with Gasteiger partial charge in [0.25, 0.3) is 0 Å². The van der Waals surface area contributed by atoms with E-state index < -0.39 is 11.9 Å². The minimum atomic E-state index is -0.817. The Balaban J connectivity index is 1.54. The van der Waals surface area contributed by atoms with Crippen LogP contribution in [-0.2, 0) is 4.79 Å². The predicted molar refractivity (Wildman–Crippen MR) is 103 cm³/mol. The smallest absolute Gasteiger partial charge is 0.307 e. The largest absolute Gasteiger partial charge is 0.481 e. The van der Waals surface area contributed by atoms with Crippen LogP contribution in [0.2, 0.25) is 0 Å². The monoisotopic (exact) mass is 403 g/mol. The summed E-state index contributed by atoms with van der Waals surface area (Å²) >= 11 is 0. The lowest BCUT2D eigenvalue weighted by molar-refractivity contribution is -0.138. The summed E-state index contributed by atoms with van der Waals surface area (Å²) in [5, 5.41) is 17.7. The maximum atomic E-state index is 13.4. The van der Waals surface area contributed by atoms with Crippen molar-refractivity contribution < 1.29 is 18.7 Å². The molecule has 0 bridgehead atoms. The van der Waals surface area contributed by atoms with Crippen LogP contribution in [0.15, 0.2) is 59.5 Å². The van der Waals surface area contributed by atoms with Gasteiger partial charge in [-0.1, -0.05) is 0 Å². The van der Waals surface area contributed by atoms with E-state index in [0.29, 0.717) is 29.4 Å². The number of oxazole rings is 1. The lowest BCUT2D eigenvalue weighted by atomic mass is 10.1. The number of fused-ring (bicyclic) bond motifs is 2. The number of rotatable bonds is 4. The Labute approximate surface area is 168 Å². The van der Waals surface area contributed by atoms with E-state index in [-0.39, 0.29) is 11.7 Å². The van der Waals surface area contributed by atoms with Gasteiger partial charge in [0, 0.05) is 29.4 Å². The molecule has 4 heterocycles. The first-order chi connectivity index (χ1) is 14.6. The Morgan fingerprint density at radius 2 is 1.90 bits per heavy atom. The van der Waals surface area contributed by atoms with Crippen molar-refractivity contribution in [3.8, 4) is 22.5 Å². The number of carboxylic acids is 1. The molecule has 6 rings (SSSR count). The Hall–Kier alpha value is -4.01. The van der Waals surface area contributed by atoms with Crippen molar-refractivity contribution in [3.63, 3.8) is 0 Å². The first-order valence-electron chi connectivity index (χ1n) is 9.39. The van der Waals surface area contributed by atoms with Crippen LogP contribution in [0.5, 0.6) is 0 Å². The summed E-state index contributed by atoms with van der Waals surface area (Å²) < 4.78 is 22.5. The van der Waals surface area contributed by atoms with Crippen molar-refractivity contribution >= 4 is 17.5 Å². The molecule has 0 radical (unpaired) electrons. The number of carboxylic acid groups (broad SMARTS) is 1. The molecular formula is C21H14FN5O3. The Morgan fingerprint density at radius 3 is 2.67 bits per heavy atom. The van der Waals surface area contributed by atoms with E-state index in [9.17, 15) is 14.3 Å². The molecule has 1 N–H and O–H groups in total. The van der Waals surface area contributed by atoms with Crippen LogP contribution in [0.25, 0.3) is 34.0 Å². The van der Waals surface area contributed by atoms with E-state index >= 15 is 0 Å². The van der Waals surface area contributed by atoms with Crippen LogP contribution < -0.4 is 0 Å². The summed E-state index contributed by atoms with van der Waals surface area (Å²) in [6, 6.07) is 9.85. The highest BCUT2D eigenvalue weighted by atomic mass is 19.1. The molecular weight excluding hydrogens is 389 g/mol. The number of pyridine rings is 1. The van der Waals surface area contributed by atoms with Gasteiger partial charge >= 0.3 is 11.8 Å². The summed E-state index contributed by atoms with van der Waals surface area (Å²) in [7, 11) is 0. The molecule has 148 valence electrons. The van der Waals surface area contributed by atoms with Crippen molar-refractivity contribution in [2.45, 2.75) is 12.3 Å². The average Bonchev–Trinajstić information content (AvgIpc) is 3.07. The van der Waals surface area contributed by atoms with Crippen molar-refractivity contribution in [3.05, 3.63) is 66.7 Å². The molecule has 4 aromatic heterocycles. The van der Waals surface area contributed by atoms with Gasteiger partial charge in [0.2, 0.25) is 0 Å². The molecule has 0 saturated heterocycles. The van der Waals surface area contributed by atoms with Gasteiger partial charge in [-0.05, 0) is 42.8 Å². The number of aromatic nitrogens is 5. The molecule has 8 nitrogen and oxygen atoms in total. The molecule has 30 heavy (non-hydrogen) atoms. The first-order valence-corrected chi connectivity index (χ1v) is 9.39. The quantitative estimate of drug-likeness (QED) is 0.492. The molecule has 1 aliphatic rings. The fourth-order valence-corrected chi connectivity index (χ4v) is 3.93. The standard InChI is InChI=1S/C21H14FN5O3/c22-13-4-1-11(2-5-13)17-18(26-7-8-30-21(26)23-17)12-3-6-16-24-25-19(27(16)10-12)14-9-15(14)20(28)29/h1-8,10,14-15H,9H2,(H,28,29)/t14?,15-/m1/s1. The summed E-state index contributed by atoms with van der Waals surface area (Å²) in [6.07, 6.45) is 5.75. The zero-order valence-electron chi connectivity index (χ0n) is 15.4. The summed E-state index contributed by atoms with van der Waals surface area (Å²) in [5.41, 5.74) is 3.64. The molecule has 1 fully saturated rings. The number of carbonyl (C=O) groups is 1. The van der Waals surface area contributed by atoms with E-state index in [2.05, 4.69) is 15.2 Å². The van der Waals surface area contributed by atoms with Crippen molar-refractivity contribution in [1.29, 1.82) is 0 Å². The molecule has 1 aromatic carbocycles. The van der Waals surface area contributed by atoms with E-state index in [0.717, 1.165) is 16.8 Å². The second kappa shape index (κ2) is 5.99. The maximum Gasteiger partial charge on any atom is 0.307 e. The zero-order valence-corrected chi connectivity index (χ0v) is 15.4. The van der Waals surface area contributed by atoms with Gasteiger partial charge in [-0.25, -0.2) is 4.39 Å².